The van der Waals surface area contributed by atoms with Crippen LogP contribution >= 0.6 is 0 Å². The maximum atomic E-state index is 13.0. The van der Waals surface area contributed by atoms with Crippen LogP contribution in [0.5, 0.6) is 0 Å². The lowest BCUT2D eigenvalue weighted by Crippen LogP contribution is -2.38. The normalized spacial score (nSPS) is 16.4. The number of benzene rings is 2. The largest absolute Gasteiger partial charge is 0.305 e. The van der Waals surface area contributed by atoms with Crippen LogP contribution in [0.4, 0.5) is 0 Å². The second-order valence-electron chi connectivity index (χ2n) is 5.95. The minimum absolute atomic E-state index is 0.120. The third-order valence-corrected chi connectivity index (χ3v) is 4.30. The number of unbranched alkanes of at least 4 members (excludes halogenated alkanes) is 1. The molecule has 1 unspecified atom stereocenters. The number of rotatable bonds is 8. The molecule has 1 aliphatic heterocycles. The van der Waals surface area contributed by atoms with Crippen LogP contribution in [-0.2, 0) is 9.78 Å². The second kappa shape index (κ2) is 7.07. The van der Waals surface area contributed by atoms with Crippen molar-refractivity contribution in [2.45, 2.75) is 32.0 Å². The Morgan fingerprint density at radius 1 is 0.917 bits per heavy atom. The van der Waals surface area contributed by atoms with E-state index in [-0.39, 0.29) is 11.6 Å². The molecule has 1 heterocycles. The average molecular weight is 324 g/mol. The highest BCUT2D eigenvalue weighted by atomic mass is 17.4. The molecule has 4 heteroatoms. The molecule has 1 saturated heterocycles. The number of hydrogen-bond acceptors (Lipinski definition) is 4. The van der Waals surface area contributed by atoms with Crippen LogP contribution in [0.3, 0.4) is 0 Å². The van der Waals surface area contributed by atoms with Crippen LogP contribution in [0.1, 0.15) is 46.9 Å². The molecule has 1 atom stereocenters. The summed E-state index contributed by atoms with van der Waals surface area (Å²) in [5.41, 5.74) is 1.05. The number of carbonyl (C=O) groups excluding carboxylic acids is 2. The zero-order valence-electron chi connectivity index (χ0n) is 13.6. The smallest absolute Gasteiger partial charge is 0.294 e. The summed E-state index contributed by atoms with van der Waals surface area (Å²) in [6.07, 6.45) is 2.29. The van der Waals surface area contributed by atoms with E-state index in [4.69, 9.17) is 9.78 Å². The first kappa shape index (κ1) is 16.6. The molecule has 124 valence electrons. The van der Waals surface area contributed by atoms with Gasteiger partial charge in [-0.3, -0.25) is 9.59 Å². The minimum atomic E-state index is -1.48. The van der Waals surface area contributed by atoms with E-state index in [9.17, 15) is 9.59 Å². The Labute approximate surface area is 141 Å². The first-order valence-electron chi connectivity index (χ1n) is 8.25. The molecule has 2 aromatic rings. The highest BCUT2D eigenvalue weighted by Gasteiger charge is 2.64. The van der Waals surface area contributed by atoms with Gasteiger partial charge in [0.1, 0.15) is 0 Å². The Kier molecular flexibility index (Phi) is 4.88. The van der Waals surface area contributed by atoms with Crippen LogP contribution in [0.15, 0.2) is 60.7 Å². The molecule has 0 N–H and O–H groups in total. The molecule has 1 aliphatic rings. The summed E-state index contributed by atoms with van der Waals surface area (Å²) in [6, 6.07) is 17.8. The first-order chi connectivity index (χ1) is 11.7. The van der Waals surface area contributed by atoms with E-state index in [1.807, 2.05) is 31.2 Å². The summed E-state index contributed by atoms with van der Waals surface area (Å²) in [5, 5.41) is 0. The third kappa shape index (κ3) is 3.16. The summed E-state index contributed by atoms with van der Waals surface area (Å²) in [4.78, 5) is 36.1. The van der Waals surface area contributed by atoms with Gasteiger partial charge in [0.25, 0.3) is 0 Å². The van der Waals surface area contributed by atoms with Crippen LogP contribution < -0.4 is 0 Å². The van der Waals surface area contributed by atoms with Crippen molar-refractivity contribution in [1.82, 2.24) is 0 Å². The maximum absolute atomic E-state index is 13.0. The van der Waals surface area contributed by atoms with Crippen LogP contribution in [0, 0.1) is 5.92 Å². The lowest BCUT2D eigenvalue weighted by atomic mass is 9.83. The molecule has 4 nitrogen and oxygen atoms in total. The molecule has 0 aliphatic carbocycles. The molecule has 0 aromatic heterocycles. The fourth-order valence-electron chi connectivity index (χ4n) is 2.89. The fourth-order valence-corrected chi connectivity index (χ4v) is 2.89. The molecule has 0 bridgehead atoms. The van der Waals surface area contributed by atoms with Gasteiger partial charge in [-0.05, 0) is 6.42 Å². The van der Waals surface area contributed by atoms with E-state index in [2.05, 4.69) is 0 Å². The zero-order valence-corrected chi connectivity index (χ0v) is 13.6. The topological polar surface area (TPSA) is 59.2 Å². The highest BCUT2D eigenvalue weighted by Crippen LogP contribution is 2.44. The summed E-state index contributed by atoms with van der Waals surface area (Å²) in [6.45, 7) is 2.05. The van der Waals surface area contributed by atoms with Gasteiger partial charge >= 0.3 is 5.79 Å². The van der Waals surface area contributed by atoms with Crippen molar-refractivity contribution >= 4 is 11.6 Å². The van der Waals surface area contributed by atoms with Gasteiger partial charge in [0.05, 0.1) is 5.92 Å². The molecular weight excluding hydrogens is 304 g/mol. The number of carbonyl (C=O) groups is 2. The number of hydrogen-bond donors (Lipinski definition) is 0. The van der Waals surface area contributed by atoms with E-state index < -0.39 is 11.7 Å². The highest BCUT2D eigenvalue weighted by molar-refractivity contribution is 6.08. The van der Waals surface area contributed by atoms with Crippen LogP contribution in [0.25, 0.3) is 0 Å². The van der Waals surface area contributed by atoms with Crippen molar-refractivity contribution in [3.63, 3.8) is 0 Å². The molecule has 0 radical (unpaired) electrons. The zero-order chi connectivity index (χ0) is 17.0. The van der Waals surface area contributed by atoms with Gasteiger partial charge < -0.3 is 0 Å². The first-order valence-corrected chi connectivity index (χ1v) is 8.25. The molecule has 0 spiro atoms. The van der Waals surface area contributed by atoms with Crippen molar-refractivity contribution in [1.29, 1.82) is 0 Å². The van der Waals surface area contributed by atoms with E-state index >= 15 is 0 Å². The molecule has 24 heavy (non-hydrogen) atoms. The SMILES string of the molecule is CCCCC(C(=O)c1ccccc1)C1(C(=O)c2ccccc2)OO1. The molecule has 2 aromatic carbocycles. The molecule has 0 saturated carbocycles. The van der Waals surface area contributed by atoms with E-state index in [0.29, 0.717) is 17.5 Å². The molecule has 0 amide bonds. The second-order valence-corrected chi connectivity index (χ2v) is 5.95. The fraction of sp³-hybridized carbons (Fsp3) is 0.300. The van der Waals surface area contributed by atoms with Gasteiger partial charge in [-0.1, -0.05) is 80.4 Å². The molecule has 3 rings (SSSR count). The number of ketones is 2. The molecule has 1 fully saturated rings. The predicted molar refractivity (Wildman–Crippen MR) is 89.5 cm³/mol. The van der Waals surface area contributed by atoms with Crippen LogP contribution in [0.2, 0.25) is 0 Å². The van der Waals surface area contributed by atoms with Crippen molar-refractivity contribution in [3.05, 3.63) is 71.8 Å². The summed E-state index contributed by atoms with van der Waals surface area (Å²) in [5.74, 6) is -2.55. The Morgan fingerprint density at radius 3 is 1.96 bits per heavy atom. The summed E-state index contributed by atoms with van der Waals surface area (Å²) >= 11 is 0. The lowest BCUT2D eigenvalue weighted by Gasteiger charge is -2.18. The van der Waals surface area contributed by atoms with Crippen molar-refractivity contribution in [3.8, 4) is 0 Å². The maximum Gasteiger partial charge on any atom is 0.305 e. The van der Waals surface area contributed by atoms with E-state index in [0.717, 1.165) is 12.8 Å². The Hall–Kier alpha value is -2.30. The van der Waals surface area contributed by atoms with Crippen molar-refractivity contribution < 1.29 is 19.4 Å². The predicted octanol–water partition coefficient (Wildman–Crippen LogP) is 4.22. The Balaban J connectivity index is 1.91. The summed E-state index contributed by atoms with van der Waals surface area (Å²) < 4.78 is 0. The van der Waals surface area contributed by atoms with Gasteiger partial charge in [0.2, 0.25) is 5.78 Å². The lowest BCUT2D eigenvalue weighted by molar-refractivity contribution is 0.0686. The third-order valence-electron chi connectivity index (χ3n) is 4.30. The average Bonchev–Trinajstić information content (AvgIpc) is 3.44. The van der Waals surface area contributed by atoms with Gasteiger partial charge in [-0.25, -0.2) is 0 Å². The van der Waals surface area contributed by atoms with Gasteiger partial charge in [-0.2, -0.15) is 9.78 Å². The van der Waals surface area contributed by atoms with Crippen molar-refractivity contribution in [2.75, 3.05) is 0 Å². The standard InChI is InChI=1S/C20H20O4/c1-2-3-14-17(18(21)15-10-6-4-7-11-15)20(23-24-20)19(22)16-12-8-5-9-13-16/h4-13,17H,2-3,14H2,1H3. The number of Topliss-reactive ketones (excluding diaryl/α,β-unsaturated/α-hetero) is 2. The van der Waals surface area contributed by atoms with Crippen molar-refractivity contribution in [2.24, 2.45) is 5.92 Å². The monoisotopic (exact) mass is 324 g/mol. The summed E-state index contributed by atoms with van der Waals surface area (Å²) in [7, 11) is 0. The van der Waals surface area contributed by atoms with Gasteiger partial charge in [0.15, 0.2) is 5.78 Å². The Bertz CT molecular complexity index is 705. The Morgan fingerprint density at radius 2 is 1.46 bits per heavy atom. The van der Waals surface area contributed by atoms with Gasteiger partial charge in [0, 0.05) is 11.1 Å². The van der Waals surface area contributed by atoms with E-state index in [1.165, 1.54) is 0 Å². The quantitative estimate of drug-likeness (QED) is 0.414. The van der Waals surface area contributed by atoms with Gasteiger partial charge in [-0.15, -0.1) is 0 Å². The van der Waals surface area contributed by atoms with Crippen LogP contribution in [-0.4, -0.2) is 17.4 Å². The molecular formula is C20H20O4. The van der Waals surface area contributed by atoms with E-state index in [1.54, 1.807) is 36.4 Å². The minimum Gasteiger partial charge on any atom is -0.294 e.